The maximum absolute atomic E-state index is 8.41. The van der Waals surface area contributed by atoms with Gasteiger partial charge in [-0.3, -0.25) is 0 Å². The number of nitrogens with zero attached hydrogens (tertiary/aromatic N) is 2. The van der Waals surface area contributed by atoms with Gasteiger partial charge < -0.3 is 0 Å². The van der Waals surface area contributed by atoms with E-state index < -0.39 is 0 Å². The Kier molecular flexibility index (Phi) is 2.15. The van der Waals surface area contributed by atoms with E-state index in [0.717, 1.165) is 5.57 Å². The van der Waals surface area contributed by atoms with Crippen molar-refractivity contribution >= 4 is 11.8 Å². The molecule has 10 heavy (non-hydrogen) atoms. The predicted octanol–water partition coefficient (Wildman–Crippen LogP) is 1.59. The van der Waals surface area contributed by atoms with Crippen LogP contribution in [0, 0.1) is 22.7 Å². The molecule has 0 aliphatic carbocycles. The fraction of sp³-hybridized carbons (Fsp3) is 0.143. The summed E-state index contributed by atoms with van der Waals surface area (Å²) < 4.78 is 0. The Labute approximate surface area is 63.5 Å². The zero-order chi connectivity index (χ0) is 7.40. The van der Waals surface area contributed by atoms with Crippen LogP contribution in [0.2, 0.25) is 0 Å². The summed E-state index contributed by atoms with van der Waals surface area (Å²) in [5.74, 6) is 0.635. The SMILES string of the molecule is N#CC1=CC=C(C#N)SC1. The number of allylic oxidation sites excluding steroid dienone is 3. The smallest absolute Gasteiger partial charge is 0.106 e. The van der Waals surface area contributed by atoms with Crippen molar-refractivity contribution in [2.45, 2.75) is 0 Å². The van der Waals surface area contributed by atoms with Gasteiger partial charge in [0.2, 0.25) is 0 Å². The molecule has 0 radical (unpaired) electrons. The van der Waals surface area contributed by atoms with Crippen molar-refractivity contribution in [1.82, 2.24) is 0 Å². The van der Waals surface area contributed by atoms with E-state index in [1.54, 1.807) is 12.2 Å². The fourth-order valence-corrected chi connectivity index (χ4v) is 1.27. The first-order valence-corrected chi connectivity index (χ1v) is 3.69. The number of hydrogen-bond acceptors (Lipinski definition) is 3. The largest absolute Gasteiger partial charge is 0.193 e. The van der Waals surface area contributed by atoms with Crippen LogP contribution >= 0.6 is 11.8 Å². The van der Waals surface area contributed by atoms with E-state index in [0.29, 0.717) is 10.7 Å². The second-order valence-corrected chi connectivity index (χ2v) is 2.75. The molecule has 3 heteroatoms. The first-order valence-electron chi connectivity index (χ1n) is 2.70. The van der Waals surface area contributed by atoms with E-state index in [1.165, 1.54) is 11.8 Å². The molecule has 0 saturated carbocycles. The topological polar surface area (TPSA) is 47.6 Å². The Bertz CT molecular complexity index is 245. The fourth-order valence-electron chi connectivity index (χ4n) is 0.567. The van der Waals surface area contributed by atoms with E-state index >= 15 is 0 Å². The van der Waals surface area contributed by atoms with Gasteiger partial charge >= 0.3 is 0 Å². The minimum Gasteiger partial charge on any atom is -0.193 e. The Morgan fingerprint density at radius 1 is 1.30 bits per heavy atom. The lowest BCUT2D eigenvalue weighted by molar-refractivity contribution is 1.44. The number of rotatable bonds is 0. The molecule has 0 fully saturated rings. The average molecular weight is 148 g/mol. The lowest BCUT2D eigenvalue weighted by atomic mass is 10.3. The van der Waals surface area contributed by atoms with Crippen LogP contribution in [0.4, 0.5) is 0 Å². The lowest BCUT2D eigenvalue weighted by Crippen LogP contribution is -1.88. The van der Waals surface area contributed by atoms with Crippen molar-refractivity contribution in [3.63, 3.8) is 0 Å². The summed E-state index contributed by atoms with van der Waals surface area (Å²) in [5, 5.41) is 16.8. The summed E-state index contributed by atoms with van der Waals surface area (Å²) in [6.07, 6.45) is 3.36. The zero-order valence-electron chi connectivity index (χ0n) is 5.16. The van der Waals surface area contributed by atoms with Crippen LogP contribution in [-0.2, 0) is 0 Å². The van der Waals surface area contributed by atoms with Crippen molar-refractivity contribution in [2.24, 2.45) is 0 Å². The van der Waals surface area contributed by atoms with Gasteiger partial charge in [-0.05, 0) is 12.2 Å². The van der Waals surface area contributed by atoms with E-state index in [2.05, 4.69) is 0 Å². The van der Waals surface area contributed by atoms with Gasteiger partial charge in [0, 0.05) is 11.3 Å². The summed E-state index contributed by atoms with van der Waals surface area (Å²) in [6, 6.07) is 4.05. The summed E-state index contributed by atoms with van der Waals surface area (Å²) in [5.41, 5.74) is 0.726. The van der Waals surface area contributed by atoms with Gasteiger partial charge in [0.05, 0.1) is 11.0 Å². The number of nitriles is 2. The highest BCUT2D eigenvalue weighted by Gasteiger charge is 2.03. The number of hydrogen-bond donors (Lipinski definition) is 0. The number of thioether (sulfide) groups is 1. The van der Waals surface area contributed by atoms with Gasteiger partial charge in [0.1, 0.15) is 6.07 Å². The Morgan fingerprint density at radius 3 is 2.50 bits per heavy atom. The average Bonchev–Trinajstić information content (AvgIpc) is 2.05. The molecule has 0 spiro atoms. The van der Waals surface area contributed by atoms with E-state index in [4.69, 9.17) is 10.5 Å². The molecule has 0 aromatic heterocycles. The van der Waals surface area contributed by atoms with Gasteiger partial charge in [0.25, 0.3) is 0 Å². The van der Waals surface area contributed by atoms with Crippen molar-refractivity contribution in [2.75, 3.05) is 5.75 Å². The molecule has 0 saturated heterocycles. The maximum atomic E-state index is 8.41. The van der Waals surface area contributed by atoms with E-state index in [1.807, 2.05) is 12.1 Å². The van der Waals surface area contributed by atoms with Crippen molar-refractivity contribution in [3.05, 3.63) is 22.6 Å². The second kappa shape index (κ2) is 3.10. The highest BCUT2D eigenvalue weighted by atomic mass is 32.2. The molecule has 2 nitrogen and oxygen atoms in total. The second-order valence-electron chi connectivity index (χ2n) is 1.74. The molecule has 0 bridgehead atoms. The summed E-state index contributed by atoms with van der Waals surface area (Å²) in [7, 11) is 0. The third-order valence-corrected chi connectivity index (χ3v) is 2.07. The summed E-state index contributed by atoms with van der Waals surface area (Å²) in [4.78, 5) is 0.680. The van der Waals surface area contributed by atoms with Crippen LogP contribution in [0.5, 0.6) is 0 Å². The van der Waals surface area contributed by atoms with Crippen molar-refractivity contribution in [3.8, 4) is 12.1 Å². The molecule has 1 aliphatic rings. The van der Waals surface area contributed by atoms with Gasteiger partial charge in [0.15, 0.2) is 0 Å². The molecular weight excluding hydrogens is 144 g/mol. The molecule has 0 aromatic rings. The maximum Gasteiger partial charge on any atom is 0.106 e. The monoisotopic (exact) mass is 148 g/mol. The highest BCUT2D eigenvalue weighted by Crippen LogP contribution is 2.22. The zero-order valence-corrected chi connectivity index (χ0v) is 5.98. The normalized spacial score (nSPS) is 16.2. The lowest BCUT2D eigenvalue weighted by Gasteiger charge is -2.01. The Morgan fingerprint density at radius 2 is 2.10 bits per heavy atom. The summed E-state index contributed by atoms with van der Waals surface area (Å²) >= 11 is 1.41. The van der Waals surface area contributed by atoms with Crippen LogP contribution in [0.3, 0.4) is 0 Å². The van der Waals surface area contributed by atoms with Crippen LogP contribution in [-0.4, -0.2) is 5.75 Å². The van der Waals surface area contributed by atoms with E-state index in [9.17, 15) is 0 Å². The van der Waals surface area contributed by atoms with Gasteiger partial charge in [-0.1, -0.05) is 0 Å². The van der Waals surface area contributed by atoms with Crippen molar-refractivity contribution < 1.29 is 0 Å². The highest BCUT2D eigenvalue weighted by molar-refractivity contribution is 8.03. The molecule has 48 valence electrons. The molecular formula is C7H4N2S. The first kappa shape index (κ1) is 6.92. The molecule has 0 unspecified atom stereocenters. The quantitative estimate of drug-likeness (QED) is 0.524. The third-order valence-electron chi connectivity index (χ3n) is 1.07. The molecule has 1 aliphatic heterocycles. The first-order chi connectivity index (χ1) is 4.86. The Balaban J connectivity index is 2.79. The minimum absolute atomic E-state index is 0.635. The Hall–Kier alpha value is -1.19. The molecule has 0 aromatic carbocycles. The molecule has 1 rings (SSSR count). The summed E-state index contributed by atoms with van der Waals surface area (Å²) in [6.45, 7) is 0. The van der Waals surface area contributed by atoms with Crippen LogP contribution in [0.25, 0.3) is 0 Å². The minimum atomic E-state index is 0.635. The molecule has 0 N–H and O–H groups in total. The molecule has 0 atom stereocenters. The van der Waals surface area contributed by atoms with Gasteiger partial charge in [-0.25, -0.2) is 0 Å². The van der Waals surface area contributed by atoms with Gasteiger partial charge in [-0.15, -0.1) is 11.8 Å². The third kappa shape index (κ3) is 1.40. The van der Waals surface area contributed by atoms with Crippen LogP contribution in [0.15, 0.2) is 22.6 Å². The standard InChI is InChI=1S/C7H4N2S/c8-3-6-1-2-7(4-9)10-5-6/h1-2H,5H2. The predicted molar refractivity (Wildman–Crippen MR) is 39.9 cm³/mol. The molecule has 0 amide bonds. The van der Waals surface area contributed by atoms with Crippen LogP contribution in [0.1, 0.15) is 0 Å². The van der Waals surface area contributed by atoms with Crippen LogP contribution < -0.4 is 0 Å². The van der Waals surface area contributed by atoms with Gasteiger partial charge in [-0.2, -0.15) is 10.5 Å². The van der Waals surface area contributed by atoms with E-state index in [-0.39, 0.29) is 0 Å². The molecule has 1 heterocycles. The van der Waals surface area contributed by atoms with Crippen molar-refractivity contribution in [1.29, 1.82) is 10.5 Å².